The lowest BCUT2D eigenvalue weighted by molar-refractivity contribution is 0.0985. The Hall–Kier alpha value is -2.87. The number of nitrogens with zero attached hydrogens (tertiary/aromatic N) is 1. The smallest absolute Gasteiger partial charge is 0.258 e. The molecule has 1 amide bonds. The molecule has 3 rings (SSSR count). The summed E-state index contributed by atoms with van der Waals surface area (Å²) < 4.78 is 0. The molecule has 2 heteroatoms. The highest BCUT2D eigenvalue weighted by Crippen LogP contribution is 2.19. The molecule has 108 valence electrons. The van der Waals surface area contributed by atoms with E-state index in [0.717, 1.165) is 11.3 Å². The van der Waals surface area contributed by atoms with Crippen molar-refractivity contribution < 1.29 is 4.79 Å². The van der Waals surface area contributed by atoms with Gasteiger partial charge < -0.3 is 4.90 Å². The van der Waals surface area contributed by atoms with E-state index in [-0.39, 0.29) is 5.91 Å². The summed E-state index contributed by atoms with van der Waals surface area (Å²) in [4.78, 5) is 14.7. The zero-order chi connectivity index (χ0) is 15.2. The van der Waals surface area contributed by atoms with Crippen LogP contribution in [0.1, 0.15) is 15.9 Å². The summed E-state index contributed by atoms with van der Waals surface area (Å²) in [5, 5.41) is 0. The molecule has 3 aromatic carbocycles. The van der Waals surface area contributed by atoms with Gasteiger partial charge in [0.25, 0.3) is 5.91 Å². The van der Waals surface area contributed by atoms with E-state index in [1.807, 2.05) is 95.9 Å². The summed E-state index contributed by atoms with van der Waals surface area (Å²) in [5.41, 5.74) is 2.71. The lowest BCUT2D eigenvalue weighted by atomic mass is 10.1. The van der Waals surface area contributed by atoms with Gasteiger partial charge in [-0.3, -0.25) is 4.79 Å². The van der Waals surface area contributed by atoms with E-state index in [1.165, 1.54) is 0 Å². The number of amides is 1. The standard InChI is InChI=1S/C20H17NO/c22-20(18-12-6-2-7-13-18)21(19-14-8-3-9-15-19)16-17-10-4-1-5-11-17/h1-15H,16H2. The molecular weight excluding hydrogens is 270 g/mol. The molecule has 0 radical (unpaired) electrons. The monoisotopic (exact) mass is 287 g/mol. The minimum Gasteiger partial charge on any atom is -0.304 e. The highest BCUT2D eigenvalue weighted by atomic mass is 16.2. The largest absolute Gasteiger partial charge is 0.304 e. The van der Waals surface area contributed by atoms with Crippen molar-refractivity contribution in [1.29, 1.82) is 0 Å². The van der Waals surface area contributed by atoms with Crippen LogP contribution in [0.5, 0.6) is 0 Å². The fourth-order valence-electron chi connectivity index (χ4n) is 2.39. The molecule has 0 N–H and O–H groups in total. The second-order valence-electron chi connectivity index (χ2n) is 5.08. The zero-order valence-electron chi connectivity index (χ0n) is 12.2. The number of carbonyl (C=O) groups excluding carboxylic acids is 1. The molecule has 0 aliphatic rings. The predicted molar refractivity (Wildman–Crippen MR) is 89.8 cm³/mol. The Bertz CT molecular complexity index is 723. The van der Waals surface area contributed by atoms with E-state index in [4.69, 9.17) is 0 Å². The van der Waals surface area contributed by atoms with Gasteiger partial charge in [-0.25, -0.2) is 0 Å². The van der Waals surface area contributed by atoms with Crippen LogP contribution in [-0.4, -0.2) is 5.91 Å². The molecule has 3 aromatic rings. The second-order valence-corrected chi connectivity index (χ2v) is 5.08. The van der Waals surface area contributed by atoms with Gasteiger partial charge in [-0.2, -0.15) is 0 Å². The highest BCUT2D eigenvalue weighted by molar-refractivity contribution is 6.05. The maximum atomic E-state index is 12.9. The van der Waals surface area contributed by atoms with Gasteiger partial charge in [0, 0.05) is 11.3 Å². The highest BCUT2D eigenvalue weighted by Gasteiger charge is 2.17. The van der Waals surface area contributed by atoms with Gasteiger partial charge >= 0.3 is 0 Å². The third-order valence-electron chi connectivity index (χ3n) is 3.52. The summed E-state index contributed by atoms with van der Waals surface area (Å²) in [6.45, 7) is 0.554. The summed E-state index contributed by atoms with van der Waals surface area (Å²) in [5.74, 6) is 0.00986. The van der Waals surface area contributed by atoms with Gasteiger partial charge in [0.1, 0.15) is 0 Å². The third-order valence-corrected chi connectivity index (χ3v) is 3.52. The van der Waals surface area contributed by atoms with Gasteiger partial charge in [-0.1, -0.05) is 66.7 Å². The van der Waals surface area contributed by atoms with E-state index in [9.17, 15) is 4.79 Å². The van der Waals surface area contributed by atoms with Gasteiger partial charge in [-0.05, 0) is 29.8 Å². The van der Waals surface area contributed by atoms with Gasteiger partial charge in [-0.15, -0.1) is 0 Å². The molecule has 0 atom stereocenters. The van der Waals surface area contributed by atoms with Crippen LogP contribution in [0.3, 0.4) is 0 Å². The molecule has 2 nitrogen and oxygen atoms in total. The van der Waals surface area contributed by atoms with Crippen LogP contribution < -0.4 is 4.90 Å². The molecule has 0 bridgehead atoms. The Morgan fingerprint density at radius 3 is 1.77 bits per heavy atom. The summed E-state index contributed by atoms with van der Waals surface area (Å²) in [6, 6.07) is 29.2. The Morgan fingerprint density at radius 1 is 0.682 bits per heavy atom. The topological polar surface area (TPSA) is 20.3 Å². The number of carbonyl (C=O) groups is 1. The van der Waals surface area contributed by atoms with E-state index < -0.39 is 0 Å². The first-order valence-electron chi connectivity index (χ1n) is 7.30. The van der Waals surface area contributed by atoms with Crippen LogP contribution in [0.4, 0.5) is 5.69 Å². The third kappa shape index (κ3) is 3.23. The van der Waals surface area contributed by atoms with E-state index >= 15 is 0 Å². The van der Waals surface area contributed by atoms with E-state index in [0.29, 0.717) is 12.1 Å². The van der Waals surface area contributed by atoms with Crippen molar-refractivity contribution >= 4 is 11.6 Å². The quantitative estimate of drug-likeness (QED) is 0.690. The molecule has 0 unspecified atom stereocenters. The first kappa shape index (κ1) is 14.1. The van der Waals surface area contributed by atoms with Gasteiger partial charge in [0.05, 0.1) is 6.54 Å². The average molecular weight is 287 g/mol. The number of hydrogen-bond acceptors (Lipinski definition) is 1. The molecule has 0 aliphatic carbocycles. The number of hydrogen-bond donors (Lipinski definition) is 0. The first-order chi connectivity index (χ1) is 10.8. The maximum Gasteiger partial charge on any atom is 0.258 e. The number of rotatable bonds is 4. The van der Waals surface area contributed by atoms with Crippen LogP contribution in [0.2, 0.25) is 0 Å². The maximum absolute atomic E-state index is 12.9. The number of para-hydroxylation sites is 1. The Kier molecular flexibility index (Phi) is 4.30. The van der Waals surface area contributed by atoms with Gasteiger partial charge in [0.2, 0.25) is 0 Å². The van der Waals surface area contributed by atoms with Crippen molar-refractivity contribution in [3.63, 3.8) is 0 Å². The molecule has 0 fully saturated rings. The molecule has 0 heterocycles. The molecule has 0 spiro atoms. The molecule has 0 aromatic heterocycles. The zero-order valence-corrected chi connectivity index (χ0v) is 12.2. The SMILES string of the molecule is O=C(c1ccccc1)N(Cc1ccccc1)c1ccccc1. The van der Waals surface area contributed by atoms with Crippen LogP contribution in [0, 0.1) is 0 Å². The minimum atomic E-state index is 0.00986. The Morgan fingerprint density at radius 2 is 1.18 bits per heavy atom. The first-order valence-corrected chi connectivity index (χ1v) is 7.30. The molecule has 22 heavy (non-hydrogen) atoms. The van der Waals surface area contributed by atoms with E-state index in [2.05, 4.69) is 0 Å². The van der Waals surface area contributed by atoms with E-state index in [1.54, 1.807) is 0 Å². The minimum absolute atomic E-state index is 0.00986. The molecular formula is C20H17NO. The Balaban J connectivity index is 1.95. The van der Waals surface area contributed by atoms with Crippen LogP contribution in [-0.2, 0) is 6.54 Å². The summed E-state index contributed by atoms with van der Waals surface area (Å²) in [6.07, 6.45) is 0. The van der Waals surface area contributed by atoms with Crippen molar-refractivity contribution in [3.8, 4) is 0 Å². The average Bonchev–Trinajstić information content (AvgIpc) is 2.61. The summed E-state index contributed by atoms with van der Waals surface area (Å²) in [7, 11) is 0. The summed E-state index contributed by atoms with van der Waals surface area (Å²) >= 11 is 0. The van der Waals surface area contributed by atoms with Crippen molar-refractivity contribution in [1.82, 2.24) is 0 Å². The fraction of sp³-hybridized carbons (Fsp3) is 0.0500. The van der Waals surface area contributed by atoms with Crippen molar-refractivity contribution in [2.24, 2.45) is 0 Å². The predicted octanol–water partition coefficient (Wildman–Crippen LogP) is 4.53. The Labute approximate surface area is 130 Å². The molecule has 0 saturated carbocycles. The van der Waals surface area contributed by atoms with Crippen molar-refractivity contribution in [3.05, 3.63) is 102 Å². The van der Waals surface area contributed by atoms with Crippen molar-refractivity contribution in [2.45, 2.75) is 6.54 Å². The number of anilines is 1. The second kappa shape index (κ2) is 6.72. The molecule has 0 saturated heterocycles. The van der Waals surface area contributed by atoms with Crippen molar-refractivity contribution in [2.75, 3.05) is 4.90 Å². The van der Waals surface area contributed by atoms with Crippen LogP contribution in [0.15, 0.2) is 91.0 Å². The number of benzene rings is 3. The van der Waals surface area contributed by atoms with Crippen LogP contribution in [0.25, 0.3) is 0 Å². The lowest BCUT2D eigenvalue weighted by Crippen LogP contribution is -2.30. The molecule has 0 aliphatic heterocycles. The van der Waals surface area contributed by atoms with Gasteiger partial charge in [0.15, 0.2) is 0 Å². The lowest BCUT2D eigenvalue weighted by Gasteiger charge is -2.23. The fourth-order valence-corrected chi connectivity index (χ4v) is 2.39. The normalized spacial score (nSPS) is 10.2. The van der Waals surface area contributed by atoms with Crippen LogP contribution >= 0.6 is 0 Å².